The average Bonchev–Trinajstić information content (AvgIpc) is 2.56. The van der Waals surface area contributed by atoms with E-state index in [0.29, 0.717) is 25.1 Å². The van der Waals surface area contributed by atoms with Crippen LogP contribution >= 0.6 is 0 Å². The van der Waals surface area contributed by atoms with Crippen LogP contribution in [0, 0.1) is 0 Å². The summed E-state index contributed by atoms with van der Waals surface area (Å²) in [7, 11) is 0. The third-order valence-corrected chi connectivity index (χ3v) is 3.14. The summed E-state index contributed by atoms with van der Waals surface area (Å²) in [6, 6.07) is 0. The number of hydrogen-bond donors (Lipinski definition) is 0. The van der Waals surface area contributed by atoms with Crippen LogP contribution in [0.15, 0.2) is 11.6 Å². The fraction of sp³-hybridized carbons (Fsp3) is 0.667. The molecular weight excluding hydrogens is 206 g/mol. The summed E-state index contributed by atoms with van der Waals surface area (Å²) < 4.78 is 5.23. The second-order valence-electron chi connectivity index (χ2n) is 3.91. The van der Waals surface area contributed by atoms with Crippen molar-refractivity contribution in [2.24, 2.45) is 0 Å². The molecule has 0 aromatic heterocycles. The Hall–Kier alpha value is -1.32. The quantitative estimate of drug-likeness (QED) is 0.681. The first kappa shape index (κ1) is 12.7. The molecule has 1 aliphatic heterocycles. The largest absolute Gasteiger partial charge is 0.441 e. The second-order valence-corrected chi connectivity index (χ2v) is 3.91. The van der Waals surface area contributed by atoms with Gasteiger partial charge in [-0.05, 0) is 32.8 Å². The molecule has 1 atom stereocenters. The van der Waals surface area contributed by atoms with Crippen molar-refractivity contribution in [3.63, 3.8) is 0 Å². The predicted molar refractivity (Wildman–Crippen MR) is 60.8 cm³/mol. The Morgan fingerprint density at radius 3 is 2.25 bits per heavy atom. The highest BCUT2D eigenvalue weighted by molar-refractivity contribution is 5.98. The van der Waals surface area contributed by atoms with Gasteiger partial charge in [0.15, 0.2) is 0 Å². The Morgan fingerprint density at radius 2 is 1.94 bits per heavy atom. The molecule has 0 bridgehead atoms. The number of hydrogen-bond acceptors (Lipinski definition) is 3. The predicted octanol–water partition coefficient (Wildman–Crippen LogP) is 1.51. The van der Waals surface area contributed by atoms with Gasteiger partial charge in [0.05, 0.1) is 0 Å². The van der Waals surface area contributed by atoms with E-state index in [4.69, 9.17) is 4.74 Å². The van der Waals surface area contributed by atoms with Crippen molar-refractivity contribution in [2.45, 2.75) is 39.7 Å². The van der Waals surface area contributed by atoms with Crippen molar-refractivity contribution >= 4 is 11.9 Å². The zero-order chi connectivity index (χ0) is 12.3. The van der Waals surface area contributed by atoms with Gasteiger partial charge in [0.1, 0.15) is 0 Å². The summed E-state index contributed by atoms with van der Waals surface area (Å²) in [5, 5.41) is 0. The number of carbonyl (C=O) groups is 2. The number of likely N-dealkylation sites (N-methyl/N-ethyl adjacent to an activating group) is 1. The van der Waals surface area contributed by atoms with E-state index in [-0.39, 0.29) is 5.91 Å². The van der Waals surface area contributed by atoms with Crippen LogP contribution in [0.1, 0.15) is 34.1 Å². The zero-order valence-corrected chi connectivity index (χ0v) is 10.4. The highest BCUT2D eigenvalue weighted by atomic mass is 16.6. The summed E-state index contributed by atoms with van der Waals surface area (Å²) in [5.74, 6) is -0.528. The molecule has 1 rings (SSSR count). The minimum absolute atomic E-state index is 0.111. The summed E-state index contributed by atoms with van der Waals surface area (Å²) in [6.45, 7) is 8.72. The third-order valence-electron chi connectivity index (χ3n) is 3.14. The molecule has 0 spiro atoms. The summed E-state index contributed by atoms with van der Waals surface area (Å²) in [5.41, 5.74) is -0.347. The van der Waals surface area contributed by atoms with E-state index in [1.807, 2.05) is 20.8 Å². The van der Waals surface area contributed by atoms with Gasteiger partial charge < -0.3 is 9.64 Å². The SMILES string of the molecule is CCN(CC)C(=O)[C@@]1(CC)OC(=O)C=C1C. The number of nitrogens with zero attached hydrogens (tertiary/aromatic N) is 1. The second kappa shape index (κ2) is 4.68. The number of cyclic esters (lactones) is 1. The molecule has 1 amide bonds. The molecular formula is C12H19NO3. The Kier molecular flexibility index (Phi) is 3.73. The molecule has 0 unspecified atom stereocenters. The van der Waals surface area contributed by atoms with Gasteiger partial charge in [-0.2, -0.15) is 0 Å². The minimum atomic E-state index is -1.05. The summed E-state index contributed by atoms with van der Waals surface area (Å²) in [4.78, 5) is 25.3. The zero-order valence-electron chi connectivity index (χ0n) is 10.4. The molecule has 0 aromatic rings. The molecule has 0 fully saturated rings. The molecule has 0 aromatic carbocycles. The van der Waals surface area contributed by atoms with Crippen molar-refractivity contribution in [3.05, 3.63) is 11.6 Å². The van der Waals surface area contributed by atoms with E-state index in [2.05, 4.69) is 0 Å². The number of rotatable bonds is 4. The fourth-order valence-corrected chi connectivity index (χ4v) is 2.06. The van der Waals surface area contributed by atoms with E-state index < -0.39 is 11.6 Å². The van der Waals surface area contributed by atoms with Crippen LogP contribution in [0.5, 0.6) is 0 Å². The van der Waals surface area contributed by atoms with Crippen molar-refractivity contribution in [2.75, 3.05) is 13.1 Å². The van der Waals surface area contributed by atoms with Gasteiger partial charge >= 0.3 is 5.97 Å². The maximum atomic E-state index is 12.3. The van der Waals surface area contributed by atoms with Crippen LogP contribution in [-0.4, -0.2) is 35.5 Å². The number of esters is 1. The van der Waals surface area contributed by atoms with Crippen LogP contribution in [0.25, 0.3) is 0 Å². The van der Waals surface area contributed by atoms with Gasteiger partial charge in [0.2, 0.25) is 5.60 Å². The maximum Gasteiger partial charge on any atom is 0.332 e. The summed E-state index contributed by atoms with van der Waals surface area (Å²) in [6.07, 6.45) is 1.89. The fourth-order valence-electron chi connectivity index (χ4n) is 2.06. The highest BCUT2D eigenvalue weighted by Crippen LogP contribution is 2.33. The smallest absolute Gasteiger partial charge is 0.332 e. The molecule has 4 heteroatoms. The van der Waals surface area contributed by atoms with Gasteiger partial charge in [-0.25, -0.2) is 4.79 Å². The molecule has 90 valence electrons. The van der Waals surface area contributed by atoms with Gasteiger partial charge in [-0.1, -0.05) is 6.92 Å². The van der Waals surface area contributed by atoms with Gasteiger partial charge in [0.25, 0.3) is 5.91 Å². The van der Waals surface area contributed by atoms with Crippen molar-refractivity contribution < 1.29 is 14.3 Å². The van der Waals surface area contributed by atoms with Crippen LogP contribution in [0.3, 0.4) is 0 Å². The van der Waals surface area contributed by atoms with Gasteiger partial charge in [0, 0.05) is 19.2 Å². The summed E-state index contributed by atoms with van der Waals surface area (Å²) >= 11 is 0. The monoisotopic (exact) mass is 225 g/mol. The number of amides is 1. The Morgan fingerprint density at radius 1 is 1.38 bits per heavy atom. The molecule has 4 nitrogen and oxygen atoms in total. The van der Waals surface area contributed by atoms with Crippen molar-refractivity contribution in [1.82, 2.24) is 4.90 Å². The van der Waals surface area contributed by atoms with Crippen LogP contribution in [-0.2, 0) is 14.3 Å². The Bertz CT molecular complexity index is 331. The lowest BCUT2D eigenvalue weighted by Gasteiger charge is -2.32. The van der Waals surface area contributed by atoms with Gasteiger partial charge in [-0.15, -0.1) is 0 Å². The normalized spacial score (nSPS) is 24.0. The molecule has 1 heterocycles. The molecule has 0 radical (unpaired) electrons. The van der Waals surface area contributed by atoms with Crippen LogP contribution in [0.2, 0.25) is 0 Å². The molecule has 0 saturated heterocycles. The number of ether oxygens (including phenoxy) is 1. The van der Waals surface area contributed by atoms with Crippen molar-refractivity contribution in [3.8, 4) is 0 Å². The van der Waals surface area contributed by atoms with Crippen LogP contribution in [0.4, 0.5) is 0 Å². The number of carbonyl (C=O) groups excluding carboxylic acids is 2. The molecule has 0 saturated carbocycles. The molecule has 16 heavy (non-hydrogen) atoms. The standard InChI is InChI=1S/C12H19NO3/c1-5-12(9(4)8-10(14)16-12)11(15)13(6-2)7-3/h8H,5-7H2,1-4H3/t12-/m0/s1. The van der Waals surface area contributed by atoms with E-state index in [1.54, 1.807) is 11.8 Å². The van der Waals surface area contributed by atoms with Crippen molar-refractivity contribution in [1.29, 1.82) is 0 Å². The maximum absolute atomic E-state index is 12.3. The van der Waals surface area contributed by atoms with Gasteiger partial charge in [-0.3, -0.25) is 4.79 Å². The minimum Gasteiger partial charge on any atom is -0.441 e. The first-order valence-corrected chi connectivity index (χ1v) is 5.72. The highest BCUT2D eigenvalue weighted by Gasteiger charge is 2.47. The molecule has 1 aliphatic rings. The average molecular weight is 225 g/mol. The molecule has 0 aliphatic carbocycles. The lowest BCUT2D eigenvalue weighted by molar-refractivity contribution is -0.163. The first-order valence-electron chi connectivity index (χ1n) is 5.72. The van der Waals surface area contributed by atoms with E-state index >= 15 is 0 Å². The first-order chi connectivity index (χ1) is 7.51. The third kappa shape index (κ3) is 1.84. The molecule has 0 N–H and O–H groups in total. The topological polar surface area (TPSA) is 46.6 Å². The van der Waals surface area contributed by atoms with Crippen LogP contribution < -0.4 is 0 Å². The van der Waals surface area contributed by atoms with E-state index in [0.717, 1.165) is 0 Å². The van der Waals surface area contributed by atoms with E-state index in [1.165, 1.54) is 6.08 Å². The van der Waals surface area contributed by atoms with E-state index in [9.17, 15) is 9.59 Å². The lowest BCUT2D eigenvalue weighted by atomic mass is 9.91. The Labute approximate surface area is 96.3 Å². The lowest BCUT2D eigenvalue weighted by Crippen LogP contribution is -2.50. The Balaban J connectivity index is 3.03.